The first-order valence-corrected chi connectivity index (χ1v) is 7.98. The molecular weight excluding hydrogens is 320 g/mol. The van der Waals surface area contributed by atoms with Gasteiger partial charge in [0, 0.05) is 30.0 Å². The second-order valence-electron chi connectivity index (χ2n) is 5.39. The Bertz CT molecular complexity index is 622. The van der Waals surface area contributed by atoms with Crippen LogP contribution in [0.5, 0.6) is 0 Å². The maximum Gasteiger partial charge on any atom is 0.129 e. The topological polar surface area (TPSA) is 51.6 Å². The summed E-state index contributed by atoms with van der Waals surface area (Å²) in [6, 6.07) is 9.70. The van der Waals surface area contributed by atoms with Crippen molar-refractivity contribution in [1.29, 1.82) is 0 Å². The van der Waals surface area contributed by atoms with E-state index in [-0.39, 0.29) is 0 Å². The van der Waals surface area contributed by atoms with Crippen LogP contribution in [0.4, 0.5) is 0 Å². The maximum atomic E-state index is 5.50. The molecule has 0 bridgehead atoms. The van der Waals surface area contributed by atoms with E-state index in [9.17, 15) is 0 Å². The zero-order chi connectivity index (χ0) is 17.9. The van der Waals surface area contributed by atoms with Crippen LogP contribution < -0.4 is 0 Å². The lowest BCUT2D eigenvalue weighted by Gasteiger charge is -1.90. The molecule has 0 fully saturated rings. The predicted octanol–water partition coefficient (Wildman–Crippen LogP) is 4.84. The molecule has 0 saturated carbocycles. The number of nitrogens with zero attached hydrogens (tertiary/aromatic N) is 4. The summed E-state index contributed by atoms with van der Waals surface area (Å²) in [5.41, 5.74) is 4.42. The van der Waals surface area contributed by atoms with Gasteiger partial charge in [-0.15, -0.1) is 0 Å². The quantitative estimate of drug-likeness (QED) is 0.549. The minimum atomic E-state index is 0.551. The van der Waals surface area contributed by atoms with Crippen molar-refractivity contribution in [3.05, 3.63) is 82.4 Å². The molecule has 3 rings (SSSR count). The number of aryl methyl sites for hydroxylation is 5. The average molecular weight is 343 g/mol. The first kappa shape index (κ1) is 19.7. The molecule has 0 saturated heterocycles. The summed E-state index contributed by atoms with van der Waals surface area (Å²) < 4.78 is 0. The van der Waals surface area contributed by atoms with Crippen LogP contribution in [-0.4, -0.2) is 19.9 Å². The van der Waals surface area contributed by atoms with Gasteiger partial charge in [-0.2, -0.15) is 0 Å². The van der Waals surface area contributed by atoms with E-state index in [0.29, 0.717) is 5.15 Å². The molecule has 0 aromatic carbocycles. The van der Waals surface area contributed by atoms with Gasteiger partial charge >= 0.3 is 0 Å². The molecule has 0 amide bonds. The highest BCUT2D eigenvalue weighted by Gasteiger charge is 1.84. The number of pyridine rings is 2. The summed E-state index contributed by atoms with van der Waals surface area (Å²) in [4.78, 5) is 16.0. The molecule has 3 aromatic rings. The first-order valence-electron chi connectivity index (χ1n) is 7.60. The van der Waals surface area contributed by atoms with E-state index in [2.05, 4.69) is 19.9 Å². The van der Waals surface area contributed by atoms with Gasteiger partial charge in [0.1, 0.15) is 11.0 Å². The highest BCUT2D eigenvalue weighted by molar-refractivity contribution is 6.29. The molecule has 126 valence electrons. The van der Waals surface area contributed by atoms with E-state index < -0.39 is 0 Å². The highest BCUT2D eigenvalue weighted by Crippen LogP contribution is 2.02. The molecule has 0 radical (unpaired) electrons. The third kappa shape index (κ3) is 8.96. The minimum absolute atomic E-state index is 0.551. The molecule has 0 spiro atoms. The highest BCUT2D eigenvalue weighted by atomic mass is 35.5. The lowest BCUT2D eigenvalue weighted by Crippen LogP contribution is -1.84. The summed E-state index contributed by atoms with van der Waals surface area (Å²) in [5.74, 6) is 0.829. The monoisotopic (exact) mass is 342 g/mol. The molecule has 0 unspecified atom stereocenters. The van der Waals surface area contributed by atoms with Crippen LogP contribution >= 0.6 is 11.6 Å². The summed E-state index contributed by atoms with van der Waals surface area (Å²) in [7, 11) is 0. The van der Waals surface area contributed by atoms with E-state index in [4.69, 9.17) is 11.6 Å². The number of halogens is 1. The summed E-state index contributed by atoms with van der Waals surface area (Å²) in [6.45, 7) is 9.81. The van der Waals surface area contributed by atoms with Gasteiger partial charge in [-0.25, -0.2) is 15.0 Å². The SMILES string of the molecule is Cc1ccc(Cl)nc1.Cc1cccc(C)n1.Cc1cnc(C)nc1. The van der Waals surface area contributed by atoms with Crippen molar-refractivity contribution in [2.24, 2.45) is 0 Å². The summed E-state index contributed by atoms with van der Waals surface area (Å²) in [5, 5.41) is 0.551. The zero-order valence-electron chi connectivity index (χ0n) is 14.8. The van der Waals surface area contributed by atoms with Crippen LogP contribution in [0.15, 0.2) is 48.9 Å². The van der Waals surface area contributed by atoms with Gasteiger partial charge in [0.25, 0.3) is 0 Å². The fourth-order valence-corrected chi connectivity index (χ4v) is 1.70. The van der Waals surface area contributed by atoms with Crippen LogP contribution in [0.25, 0.3) is 0 Å². The van der Waals surface area contributed by atoms with Gasteiger partial charge in [-0.05, 0) is 63.9 Å². The third-order valence-corrected chi connectivity index (χ3v) is 3.04. The standard InChI is InChI=1S/C7H9N.C6H6ClN.C6H8N2/c1-6-4-3-5-7(2)8-6;1-5-2-3-6(7)8-4-5;1-5-3-7-6(2)8-4-5/h3-5H,1-2H3;2-4H,1H3;3-4H,1-2H3. The zero-order valence-corrected chi connectivity index (χ0v) is 15.5. The molecule has 3 heterocycles. The summed E-state index contributed by atoms with van der Waals surface area (Å²) in [6.07, 6.45) is 5.35. The van der Waals surface area contributed by atoms with Crippen LogP contribution in [0, 0.1) is 34.6 Å². The molecule has 0 N–H and O–H groups in total. The van der Waals surface area contributed by atoms with E-state index in [0.717, 1.165) is 28.3 Å². The largest absolute Gasteiger partial charge is 0.258 e. The smallest absolute Gasteiger partial charge is 0.129 e. The molecule has 3 aromatic heterocycles. The Hall–Kier alpha value is -2.33. The Morgan fingerprint density at radius 2 is 1.21 bits per heavy atom. The maximum absolute atomic E-state index is 5.50. The van der Waals surface area contributed by atoms with Gasteiger partial charge in [-0.1, -0.05) is 23.7 Å². The van der Waals surface area contributed by atoms with Crippen molar-refractivity contribution in [3.8, 4) is 0 Å². The fourth-order valence-electron chi connectivity index (χ4n) is 1.59. The van der Waals surface area contributed by atoms with Crippen LogP contribution in [0.2, 0.25) is 5.15 Å². The Labute approximate surface area is 149 Å². The van der Waals surface area contributed by atoms with Gasteiger partial charge in [0.15, 0.2) is 0 Å². The van der Waals surface area contributed by atoms with Crippen molar-refractivity contribution < 1.29 is 0 Å². The molecular formula is C19H23ClN4. The average Bonchev–Trinajstić information content (AvgIpc) is 2.54. The molecule has 0 atom stereocenters. The molecule has 0 aliphatic heterocycles. The van der Waals surface area contributed by atoms with Crippen LogP contribution in [0.3, 0.4) is 0 Å². The number of aromatic nitrogens is 4. The van der Waals surface area contributed by atoms with E-state index in [1.807, 2.05) is 71.3 Å². The molecule has 4 nitrogen and oxygen atoms in total. The third-order valence-electron chi connectivity index (χ3n) is 2.81. The number of hydrogen-bond acceptors (Lipinski definition) is 4. The number of rotatable bonds is 0. The Balaban J connectivity index is 0.000000180. The van der Waals surface area contributed by atoms with Gasteiger partial charge in [-0.3, -0.25) is 4.98 Å². The van der Waals surface area contributed by atoms with Crippen molar-refractivity contribution in [1.82, 2.24) is 19.9 Å². The van der Waals surface area contributed by atoms with E-state index in [1.54, 1.807) is 12.3 Å². The Kier molecular flexibility index (Phi) is 8.58. The molecule has 24 heavy (non-hydrogen) atoms. The van der Waals surface area contributed by atoms with Gasteiger partial charge in [0.05, 0.1) is 0 Å². The lowest BCUT2D eigenvalue weighted by atomic mass is 10.3. The van der Waals surface area contributed by atoms with E-state index in [1.165, 1.54) is 0 Å². The van der Waals surface area contributed by atoms with Crippen molar-refractivity contribution in [3.63, 3.8) is 0 Å². The van der Waals surface area contributed by atoms with Crippen molar-refractivity contribution in [2.45, 2.75) is 34.6 Å². The van der Waals surface area contributed by atoms with E-state index >= 15 is 0 Å². The molecule has 0 aliphatic carbocycles. The molecule has 0 aliphatic rings. The number of hydrogen-bond donors (Lipinski definition) is 0. The molecule has 5 heteroatoms. The predicted molar refractivity (Wildman–Crippen MR) is 99.2 cm³/mol. The lowest BCUT2D eigenvalue weighted by molar-refractivity contribution is 1.03. The van der Waals surface area contributed by atoms with Crippen LogP contribution in [-0.2, 0) is 0 Å². The Morgan fingerprint density at radius 3 is 1.54 bits per heavy atom. The van der Waals surface area contributed by atoms with Gasteiger partial charge in [0.2, 0.25) is 0 Å². The fraction of sp³-hybridized carbons (Fsp3) is 0.263. The Morgan fingerprint density at radius 1 is 0.667 bits per heavy atom. The van der Waals surface area contributed by atoms with Crippen molar-refractivity contribution >= 4 is 11.6 Å². The first-order chi connectivity index (χ1) is 11.4. The van der Waals surface area contributed by atoms with Crippen LogP contribution in [0.1, 0.15) is 28.3 Å². The second-order valence-corrected chi connectivity index (χ2v) is 5.77. The minimum Gasteiger partial charge on any atom is -0.258 e. The summed E-state index contributed by atoms with van der Waals surface area (Å²) >= 11 is 5.50. The second kappa shape index (κ2) is 10.4. The van der Waals surface area contributed by atoms with Crippen molar-refractivity contribution in [2.75, 3.05) is 0 Å². The van der Waals surface area contributed by atoms with Gasteiger partial charge < -0.3 is 0 Å². The normalized spacial score (nSPS) is 9.25.